The quantitative estimate of drug-likeness (QED) is 0.732. The van der Waals surface area contributed by atoms with Crippen molar-refractivity contribution in [3.8, 4) is 0 Å². The molecule has 4 nitrogen and oxygen atoms in total. The maximum atomic E-state index is 13.0. The minimum Gasteiger partial charge on any atom is -0.465 e. The second kappa shape index (κ2) is 3.02. The summed E-state index contributed by atoms with van der Waals surface area (Å²) in [5, 5.41) is 11.3. The van der Waals surface area contributed by atoms with E-state index in [9.17, 15) is 9.28 Å². The van der Waals surface area contributed by atoms with Crippen molar-refractivity contribution in [3.63, 3.8) is 0 Å². The van der Waals surface area contributed by atoms with Gasteiger partial charge < -0.3 is 5.11 Å². The SMILES string of the molecule is O=C(O)Nc1cccc2c1ccn2F. The van der Waals surface area contributed by atoms with Crippen LogP contribution in [0.3, 0.4) is 0 Å². The first-order valence-electron chi connectivity index (χ1n) is 3.94. The zero-order chi connectivity index (χ0) is 10.1. The molecule has 0 aliphatic heterocycles. The number of benzene rings is 1. The summed E-state index contributed by atoms with van der Waals surface area (Å²) in [6.45, 7) is 0. The van der Waals surface area contributed by atoms with Crippen molar-refractivity contribution in [2.45, 2.75) is 0 Å². The molecule has 1 aromatic heterocycles. The third-order valence-electron chi connectivity index (χ3n) is 1.93. The van der Waals surface area contributed by atoms with E-state index in [-0.39, 0.29) is 0 Å². The van der Waals surface area contributed by atoms with Crippen LogP contribution >= 0.6 is 0 Å². The summed E-state index contributed by atoms with van der Waals surface area (Å²) in [6, 6.07) is 6.25. The van der Waals surface area contributed by atoms with E-state index in [4.69, 9.17) is 5.11 Å². The lowest BCUT2D eigenvalue weighted by molar-refractivity contribution is 0.210. The molecule has 2 aromatic rings. The number of rotatable bonds is 1. The van der Waals surface area contributed by atoms with E-state index in [0.717, 1.165) is 0 Å². The Bertz CT molecular complexity index is 493. The van der Waals surface area contributed by atoms with Gasteiger partial charge in [-0.2, -0.15) is 4.79 Å². The van der Waals surface area contributed by atoms with E-state index in [2.05, 4.69) is 5.32 Å². The van der Waals surface area contributed by atoms with E-state index in [1.165, 1.54) is 12.3 Å². The molecule has 0 aliphatic rings. The van der Waals surface area contributed by atoms with Crippen LogP contribution in [0.1, 0.15) is 0 Å². The summed E-state index contributed by atoms with van der Waals surface area (Å²) in [7, 11) is 0. The van der Waals surface area contributed by atoms with E-state index >= 15 is 0 Å². The van der Waals surface area contributed by atoms with Crippen molar-refractivity contribution in [1.82, 2.24) is 4.79 Å². The fourth-order valence-corrected chi connectivity index (χ4v) is 1.36. The molecule has 0 unspecified atom stereocenters. The molecule has 14 heavy (non-hydrogen) atoms. The van der Waals surface area contributed by atoms with Crippen LogP contribution in [0.2, 0.25) is 0 Å². The number of hydrogen-bond acceptors (Lipinski definition) is 1. The fraction of sp³-hybridized carbons (Fsp3) is 0. The number of halogens is 1. The first-order valence-corrected chi connectivity index (χ1v) is 3.94. The molecule has 0 fully saturated rings. The normalized spacial score (nSPS) is 10.4. The standard InChI is InChI=1S/C9H7FN2O2/c10-12-5-4-6-7(11-9(13)14)2-1-3-8(6)12/h1-5,11H,(H,13,14). The summed E-state index contributed by atoms with van der Waals surface area (Å²) in [5.41, 5.74) is 0.725. The molecule has 0 atom stereocenters. The van der Waals surface area contributed by atoms with Gasteiger partial charge >= 0.3 is 6.09 Å². The molecule has 0 saturated heterocycles. The second-order valence-corrected chi connectivity index (χ2v) is 2.80. The van der Waals surface area contributed by atoms with Gasteiger partial charge in [-0.15, -0.1) is 0 Å². The smallest absolute Gasteiger partial charge is 0.409 e. The number of anilines is 1. The Morgan fingerprint density at radius 2 is 2.21 bits per heavy atom. The molecule has 0 saturated carbocycles. The van der Waals surface area contributed by atoms with Gasteiger partial charge in [0.15, 0.2) is 0 Å². The molecule has 0 radical (unpaired) electrons. The third-order valence-corrected chi connectivity index (χ3v) is 1.93. The maximum Gasteiger partial charge on any atom is 0.409 e. The molecule has 2 N–H and O–H groups in total. The molecule has 5 heteroatoms. The number of amides is 1. The van der Waals surface area contributed by atoms with Crippen LogP contribution < -0.4 is 5.32 Å². The highest BCUT2D eigenvalue weighted by Gasteiger charge is 2.06. The van der Waals surface area contributed by atoms with Crippen molar-refractivity contribution < 1.29 is 14.4 Å². The number of fused-ring (bicyclic) bond motifs is 1. The van der Waals surface area contributed by atoms with Gasteiger partial charge in [-0.05, 0) is 18.2 Å². The molecular weight excluding hydrogens is 187 g/mol. The van der Waals surface area contributed by atoms with Gasteiger partial charge in [-0.3, -0.25) is 5.32 Å². The number of hydrogen-bond donors (Lipinski definition) is 2. The summed E-state index contributed by atoms with van der Waals surface area (Å²) in [5.74, 6) is 0. The summed E-state index contributed by atoms with van der Waals surface area (Å²) in [6.07, 6.45) is 0.0710. The third kappa shape index (κ3) is 1.28. The number of carboxylic acid groups (broad SMARTS) is 1. The molecule has 1 heterocycles. The first kappa shape index (κ1) is 8.55. The molecule has 0 bridgehead atoms. The highest BCUT2D eigenvalue weighted by Crippen LogP contribution is 2.24. The lowest BCUT2D eigenvalue weighted by atomic mass is 10.2. The number of aromatic nitrogens is 1. The molecule has 1 amide bonds. The molecule has 2 rings (SSSR count). The van der Waals surface area contributed by atoms with Crippen LogP contribution in [0.15, 0.2) is 30.5 Å². The van der Waals surface area contributed by atoms with Crippen molar-refractivity contribution in [1.29, 1.82) is 0 Å². The van der Waals surface area contributed by atoms with Gasteiger partial charge in [0, 0.05) is 11.6 Å². The van der Waals surface area contributed by atoms with E-state index in [1.807, 2.05) is 0 Å². The Morgan fingerprint density at radius 3 is 2.93 bits per heavy atom. The lowest BCUT2D eigenvalue weighted by Gasteiger charge is -2.01. The molecule has 1 aromatic carbocycles. The molecule has 72 valence electrons. The van der Waals surface area contributed by atoms with Crippen molar-refractivity contribution in [2.24, 2.45) is 0 Å². The van der Waals surface area contributed by atoms with Gasteiger partial charge in [0.2, 0.25) is 0 Å². The monoisotopic (exact) mass is 194 g/mol. The molecular formula is C9H7FN2O2. The molecule has 0 aliphatic carbocycles. The zero-order valence-electron chi connectivity index (χ0n) is 7.07. The Kier molecular flexibility index (Phi) is 1.85. The first-order chi connectivity index (χ1) is 6.68. The minimum atomic E-state index is -1.16. The maximum absolute atomic E-state index is 13.0. The highest BCUT2D eigenvalue weighted by molar-refractivity contribution is 5.98. The van der Waals surface area contributed by atoms with Crippen molar-refractivity contribution >= 4 is 22.7 Å². The minimum absolute atomic E-state index is 0.344. The topological polar surface area (TPSA) is 54.3 Å². The Labute approximate surface area is 78.5 Å². The van der Waals surface area contributed by atoms with Gasteiger partial charge in [0.1, 0.15) is 0 Å². The van der Waals surface area contributed by atoms with Gasteiger partial charge in [0.25, 0.3) is 0 Å². The van der Waals surface area contributed by atoms with Gasteiger partial charge in [-0.1, -0.05) is 10.5 Å². The predicted molar refractivity (Wildman–Crippen MR) is 50.1 cm³/mol. The van der Waals surface area contributed by atoms with Crippen LogP contribution in [0.4, 0.5) is 15.0 Å². The highest BCUT2D eigenvalue weighted by atomic mass is 19.2. The fourth-order valence-electron chi connectivity index (χ4n) is 1.36. The lowest BCUT2D eigenvalue weighted by Crippen LogP contribution is -2.07. The predicted octanol–water partition coefficient (Wildman–Crippen LogP) is 2.46. The van der Waals surface area contributed by atoms with Crippen LogP contribution in [-0.4, -0.2) is 16.0 Å². The number of nitrogens with one attached hydrogen (secondary N) is 1. The summed E-state index contributed by atoms with van der Waals surface area (Å²) >= 11 is 0. The van der Waals surface area contributed by atoms with Gasteiger partial charge in [-0.25, -0.2) is 4.79 Å². The number of carbonyl (C=O) groups is 1. The average Bonchev–Trinajstić information content (AvgIpc) is 2.49. The van der Waals surface area contributed by atoms with E-state index < -0.39 is 6.09 Å². The average molecular weight is 194 g/mol. The number of nitrogens with zero attached hydrogens (tertiary/aromatic N) is 1. The zero-order valence-corrected chi connectivity index (χ0v) is 7.07. The Balaban J connectivity index is 2.59. The van der Waals surface area contributed by atoms with E-state index in [0.29, 0.717) is 21.4 Å². The second-order valence-electron chi connectivity index (χ2n) is 2.80. The Morgan fingerprint density at radius 1 is 1.43 bits per heavy atom. The van der Waals surface area contributed by atoms with Crippen molar-refractivity contribution in [2.75, 3.05) is 5.32 Å². The van der Waals surface area contributed by atoms with Crippen LogP contribution in [-0.2, 0) is 0 Å². The van der Waals surface area contributed by atoms with Crippen LogP contribution in [0, 0.1) is 0 Å². The largest absolute Gasteiger partial charge is 0.465 e. The Hall–Kier alpha value is -2.04. The summed E-state index contributed by atoms with van der Waals surface area (Å²) < 4.78 is 13.0. The van der Waals surface area contributed by atoms with Gasteiger partial charge in [0.05, 0.1) is 11.2 Å². The molecule has 0 spiro atoms. The van der Waals surface area contributed by atoms with Crippen LogP contribution in [0.25, 0.3) is 10.9 Å². The van der Waals surface area contributed by atoms with Crippen LogP contribution in [0.5, 0.6) is 0 Å². The van der Waals surface area contributed by atoms with E-state index in [1.54, 1.807) is 18.2 Å². The summed E-state index contributed by atoms with van der Waals surface area (Å²) in [4.78, 5) is 10.9. The van der Waals surface area contributed by atoms with Crippen molar-refractivity contribution in [3.05, 3.63) is 30.5 Å².